The van der Waals surface area contributed by atoms with Crippen LogP contribution in [0.15, 0.2) is 24.3 Å². The minimum atomic E-state index is -0.843. The van der Waals surface area contributed by atoms with E-state index in [0.29, 0.717) is 12.0 Å². The third kappa shape index (κ3) is 1.89. The molecule has 2 heterocycles. The van der Waals surface area contributed by atoms with E-state index in [1.807, 2.05) is 0 Å². The first-order chi connectivity index (χ1) is 9.08. The van der Waals surface area contributed by atoms with Gasteiger partial charge in [-0.25, -0.2) is 4.39 Å². The van der Waals surface area contributed by atoms with Crippen LogP contribution in [0.2, 0.25) is 0 Å². The first-order valence-corrected chi connectivity index (χ1v) is 6.39. The van der Waals surface area contributed by atoms with Gasteiger partial charge in [-0.2, -0.15) is 0 Å². The van der Waals surface area contributed by atoms with Gasteiger partial charge in [0.25, 0.3) is 5.91 Å². The second-order valence-electron chi connectivity index (χ2n) is 5.20. The Morgan fingerprint density at radius 3 is 2.74 bits per heavy atom. The van der Waals surface area contributed by atoms with Crippen LogP contribution in [0.4, 0.5) is 4.39 Å². The SMILES string of the molecule is O=C(O)C1CC2CCC1N2C(=O)c1cccc(F)c1. The summed E-state index contributed by atoms with van der Waals surface area (Å²) < 4.78 is 13.2. The van der Waals surface area contributed by atoms with Crippen LogP contribution in [0, 0.1) is 11.7 Å². The van der Waals surface area contributed by atoms with Crippen LogP contribution in [0.3, 0.4) is 0 Å². The summed E-state index contributed by atoms with van der Waals surface area (Å²) in [6.07, 6.45) is 2.08. The molecule has 2 bridgehead atoms. The largest absolute Gasteiger partial charge is 0.481 e. The van der Waals surface area contributed by atoms with Crippen molar-refractivity contribution >= 4 is 11.9 Å². The maximum absolute atomic E-state index is 13.2. The number of benzene rings is 1. The fourth-order valence-corrected chi connectivity index (χ4v) is 3.34. The Morgan fingerprint density at radius 1 is 1.32 bits per heavy atom. The smallest absolute Gasteiger partial charge is 0.308 e. The molecule has 4 nitrogen and oxygen atoms in total. The van der Waals surface area contributed by atoms with Gasteiger partial charge in [0.05, 0.1) is 5.92 Å². The average molecular weight is 263 g/mol. The van der Waals surface area contributed by atoms with Crippen molar-refractivity contribution < 1.29 is 19.1 Å². The third-order valence-electron chi connectivity index (χ3n) is 4.16. The molecule has 1 aromatic carbocycles. The number of halogens is 1. The van der Waals surface area contributed by atoms with Gasteiger partial charge in [-0.1, -0.05) is 6.07 Å². The van der Waals surface area contributed by atoms with Crippen LogP contribution >= 0.6 is 0 Å². The van der Waals surface area contributed by atoms with Crippen LogP contribution in [0.1, 0.15) is 29.6 Å². The van der Waals surface area contributed by atoms with E-state index >= 15 is 0 Å². The molecule has 2 fully saturated rings. The van der Waals surface area contributed by atoms with Gasteiger partial charge in [-0.05, 0) is 37.5 Å². The summed E-state index contributed by atoms with van der Waals surface area (Å²) >= 11 is 0. The molecule has 2 aliphatic heterocycles. The van der Waals surface area contributed by atoms with Crippen molar-refractivity contribution in [2.45, 2.75) is 31.3 Å². The van der Waals surface area contributed by atoms with E-state index in [-0.39, 0.29) is 18.0 Å². The summed E-state index contributed by atoms with van der Waals surface area (Å²) in [4.78, 5) is 25.2. The highest BCUT2D eigenvalue weighted by atomic mass is 19.1. The Balaban J connectivity index is 1.87. The lowest BCUT2D eigenvalue weighted by Crippen LogP contribution is -2.37. The number of rotatable bonds is 2. The van der Waals surface area contributed by atoms with Crippen molar-refractivity contribution in [3.8, 4) is 0 Å². The zero-order chi connectivity index (χ0) is 13.6. The monoisotopic (exact) mass is 263 g/mol. The first kappa shape index (κ1) is 12.1. The zero-order valence-electron chi connectivity index (χ0n) is 10.3. The zero-order valence-corrected chi connectivity index (χ0v) is 10.3. The Morgan fingerprint density at radius 2 is 2.11 bits per heavy atom. The molecular formula is C14H14FNO3. The molecule has 0 spiro atoms. The molecule has 100 valence electrons. The minimum absolute atomic E-state index is 0.0122. The van der Waals surface area contributed by atoms with Gasteiger partial charge >= 0.3 is 5.97 Å². The van der Waals surface area contributed by atoms with Crippen LogP contribution in [0.25, 0.3) is 0 Å². The first-order valence-electron chi connectivity index (χ1n) is 6.39. The van der Waals surface area contributed by atoms with E-state index in [4.69, 9.17) is 5.11 Å². The molecule has 1 N–H and O–H groups in total. The van der Waals surface area contributed by atoms with Gasteiger partial charge in [-0.15, -0.1) is 0 Å². The summed E-state index contributed by atoms with van der Waals surface area (Å²) in [5.74, 6) is -2.02. The van der Waals surface area contributed by atoms with Crippen LogP contribution < -0.4 is 0 Å². The molecule has 19 heavy (non-hydrogen) atoms. The van der Waals surface area contributed by atoms with Crippen LogP contribution in [-0.2, 0) is 4.79 Å². The average Bonchev–Trinajstić information content (AvgIpc) is 2.95. The van der Waals surface area contributed by atoms with Gasteiger partial charge in [0.2, 0.25) is 0 Å². The summed E-state index contributed by atoms with van der Waals surface area (Å²) in [6, 6.07) is 5.31. The van der Waals surface area contributed by atoms with Crippen LogP contribution in [0.5, 0.6) is 0 Å². The number of nitrogens with zero attached hydrogens (tertiary/aromatic N) is 1. The Hall–Kier alpha value is -1.91. The second kappa shape index (κ2) is 4.33. The molecule has 1 aromatic rings. The molecule has 1 amide bonds. The number of carbonyl (C=O) groups is 2. The normalized spacial score (nSPS) is 28.7. The number of amides is 1. The summed E-state index contributed by atoms with van der Waals surface area (Å²) in [6.45, 7) is 0. The summed E-state index contributed by atoms with van der Waals surface area (Å²) in [5, 5.41) is 9.15. The van der Waals surface area contributed by atoms with Gasteiger partial charge in [-0.3, -0.25) is 9.59 Å². The molecular weight excluding hydrogens is 249 g/mol. The van der Waals surface area contributed by atoms with E-state index in [2.05, 4.69) is 0 Å². The van der Waals surface area contributed by atoms with Crippen molar-refractivity contribution in [1.82, 2.24) is 4.90 Å². The van der Waals surface area contributed by atoms with E-state index < -0.39 is 17.7 Å². The number of aliphatic carboxylic acids is 1. The predicted molar refractivity (Wildman–Crippen MR) is 65.1 cm³/mol. The number of carboxylic acid groups (broad SMARTS) is 1. The maximum Gasteiger partial charge on any atom is 0.308 e. The lowest BCUT2D eigenvalue weighted by molar-refractivity contribution is -0.142. The number of carbonyl (C=O) groups excluding carboxylic acids is 1. The molecule has 0 aromatic heterocycles. The molecule has 0 saturated carbocycles. The molecule has 3 atom stereocenters. The molecule has 2 saturated heterocycles. The molecule has 0 radical (unpaired) electrons. The van der Waals surface area contributed by atoms with Gasteiger partial charge in [0, 0.05) is 17.6 Å². The Labute approximate surface area is 109 Å². The lowest BCUT2D eigenvalue weighted by atomic mass is 9.89. The minimum Gasteiger partial charge on any atom is -0.481 e. The van der Waals surface area contributed by atoms with E-state index in [0.717, 1.165) is 12.8 Å². The summed E-state index contributed by atoms with van der Waals surface area (Å²) in [5.41, 5.74) is 0.294. The lowest BCUT2D eigenvalue weighted by Gasteiger charge is -2.23. The van der Waals surface area contributed by atoms with E-state index in [1.54, 1.807) is 11.0 Å². The molecule has 3 unspecified atom stereocenters. The topological polar surface area (TPSA) is 57.6 Å². The standard InChI is InChI=1S/C14H14FNO3/c15-9-3-1-2-8(6-9)13(17)16-10-4-5-12(16)11(7-10)14(18)19/h1-3,6,10-12H,4-5,7H2,(H,18,19). The Kier molecular flexibility index (Phi) is 2.77. The van der Waals surface area contributed by atoms with Crippen molar-refractivity contribution in [3.63, 3.8) is 0 Å². The fourth-order valence-electron chi connectivity index (χ4n) is 3.34. The number of hydrogen-bond donors (Lipinski definition) is 1. The molecule has 0 aliphatic carbocycles. The number of hydrogen-bond acceptors (Lipinski definition) is 2. The predicted octanol–water partition coefficient (Wildman–Crippen LogP) is 1.90. The highest BCUT2D eigenvalue weighted by molar-refractivity contribution is 5.95. The number of fused-ring (bicyclic) bond motifs is 2. The van der Waals surface area contributed by atoms with Crippen molar-refractivity contribution in [2.24, 2.45) is 5.92 Å². The second-order valence-corrected chi connectivity index (χ2v) is 5.20. The highest BCUT2D eigenvalue weighted by Crippen LogP contribution is 2.42. The van der Waals surface area contributed by atoms with Crippen molar-refractivity contribution in [1.29, 1.82) is 0 Å². The third-order valence-corrected chi connectivity index (χ3v) is 4.16. The number of carboxylic acids is 1. The van der Waals surface area contributed by atoms with Gasteiger partial charge < -0.3 is 10.0 Å². The molecule has 5 heteroatoms. The van der Waals surface area contributed by atoms with Gasteiger partial charge in [0.15, 0.2) is 0 Å². The fraction of sp³-hybridized carbons (Fsp3) is 0.429. The van der Waals surface area contributed by atoms with Crippen molar-refractivity contribution in [2.75, 3.05) is 0 Å². The van der Waals surface area contributed by atoms with Gasteiger partial charge in [0.1, 0.15) is 5.82 Å². The van der Waals surface area contributed by atoms with Crippen LogP contribution in [-0.4, -0.2) is 34.0 Å². The Bertz CT molecular complexity index is 545. The summed E-state index contributed by atoms with van der Waals surface area (Å²) in [7, 11) is 0. The molecule has 3 rings (SSSR count). The molecule has 2 aliphatic rings. The van der Waals surface area contributed by atoms with Crippen molar-refractivity contribution in [3.05, 3.63) is 35.6 Å². The maximum atomic E-state index is 13.2. The highest BCUT2D eigenvalue weighted by Gasteiger charge is 2.51. The van der Waals surface area contributed by atoms with E-state index in [9.17, 15) is 14.0 Å². The quantitative estimate of drug-likeness (QED) is 0.886. The van der Waals surface area contributed by atoms with E-state index in [1.165, 1.54) is 18.2 Å².